The Morgan fingerprint density at radius 2 is 2.00 bits per heavy atom. The Morgan fingerprint density at radius 3 is 2.65 bits per heavy atom. The van der Waals surface area contributed by atoms with E-state index in [0.29, 0.717) is 40.9 Å². The van der Waals surface area contributed by atoms with Crippen LogP contribution in [0.4, 0.5) is 11.4 Å². The fourth-order valence-electron chi connectivity index (χ4n) is 1.31. The van der Waals surface area contributed by atoms with Gasteiger partial charge in [0.05, 0.1) is 21.4 Å². The molecule has 0 aliphatic rings. The first-order valence-electron chi connectivity index (χ1n) is 5.29. The smallest absolute Gasteiger partial charge is 0.221 e. The molecule has 0 saturated carbocycles. The predicted octanol–water partition coefficient (Wildman–Crippen LogP) is 2.51. The Bertz CT molecular complexity index is 410. The van der Waals surface area contributed by atoms with Crippen molar-refractivity contribution in [3.05, 3.63) is 22.2 Å². The molecule has 0 radical (unpaired) electrons. The third kappa shape index (κ3) is 4.32. The van der Waals surface area contributed by atoms with E-state index in [2.05, 4.69) is 10.6 Å². The lowest BCUT2D eigenvalue weighted by molar-refractivity contribution is -0.120. The monoisotopic (exact) mass is 275 g/mol. The number of hydrogen-bond acceptors (Lipinski definition) is 3. The largest absolute Gasteiger partial charge is 0.397 e. The first-order chi connectivity index (χ1) is 8.04. The summed E-state index contributed by atoms with van der Waals surface area (Å²) in [5.74, 6) is -0.00127. The van der Waals surface area contributed by atoms with Crippen LogP contribution in [0, 0.1) is 0 Å². The zero-order valence-corrected chi connectivity index (χ0v) is 11.0. The molecule has 1 amide bonds. The van der Waals surface area contributed by atoms with Gasteiger partial charge in [-0.2, -0.15) is 0 Å². The summed E-state index contributed by atoms with van der Waals surface area (Å²) in [6, 6.07) is 3.23. The maximum Gasteiger partial charge on any atom is 0.221 e. The number of carbonyl (C=O) groups excluding carboxylic acids is 1. The van der Waals surface area contributed by atoms with E-state index in [1.54, 1.807) is 12.1 Å². The van der Waals surface area contributed by atoms with Gasteiger partial charge in [-0.25, -0.2) is 0 Å². The number of hydrogen-bond donors (Lipinski definition) is 3. The van der Waals surface area contributed by atoms with Gasteiger partial charge in [0.2, 0.25) is 5.91 Å². The van der Waals surface area contributed by atoms with Gasteiger partial charge in [0.1, 0.15) is 0 Å². The third-order valence-corrected chi connectivity index (χ3v) is 2.86. The second-order valence-electron chi connectivity index (χ2n) is 3.48. The Labute approximate surface area is 110 Å². The number of halogens is 2. The fraction of sp³-hybridized carbons (Fsp3) is 0.364. The van der Waals surface area contributed by atoms with Crippen molar-refractivity contribution in [1.82, 2.24) is 5.32 Å². The summed E-state index contributed by atoms with van der Waals surface area (Å²) in [6.45, 7) is 3.00. The second kappa shape index (κ2) is 6.57. The number of nitrogens with two attached hydrogens (primary N) is 1. The van der Waals surface area contributed by atoms with Gasteiger partial charge in [-0.1, -0.05) is 23.2 Å². The highest BCUT2D eigenvalue weighted by atomic mass is 35.5. The molecule has 4 nitrogen and oxygen atoms in total. The van der Waals surface area contributed by atoms with E-state index in [9.17, 15) is 4.79 Å². The minimum absolute atomic E-state index is 0.00127. The van der Waals surface area contributed by atoms with Crippen LogP contribution in [0.25, 0.3) is 0 Å². The molecule has 4 N–H and O–H groups in total. The summed E-state index contributed by atoms with van der Waals surface area (Å²) in [7, 11) is 0. The Morgan fingerprint density at radius 1 is 1.35 bits per heavy atom. The quantitative estimate of drug-likeness (QED) is 0.724. The van der Waals surface area contributed by atoms with E-state index in [4.69, 9.17) is 28.9 Å². The molecule has 0 aromatic heterocycles. The number of nitrogen functional groups attached to an aromatic ring is 1. The Balaban J connectivity index is 2.52. The van der Waals surface area contributed by atoms with Gasteiger partial charge < -0.3 is 16.4 Å². The van der Waals surface area contributed by atoms with Crippen LogP contribution >= 0.6 is 23.2 Å². The van der Waals surface area contributed by atoms with Gasteiger partial charge in [0.25, 0.3) is 0 Å². The zero-order valence-electron chi connectivity index (χ0n) is 9.52. The average molecular weight is 276 g/mol. The number of rotatable bonds is 5. The minimum atomic E-state index is -0.00127. The Kier molecular flexibility index (Phi) is 5.38. The predicted molar refractivity (Wildman–Crippen MR) is 72.7 cm³/mol. The highest BCUT2D eigenvalue weighted by Crippen LogP contribution is 2.30. The molecule has 0 saturated heterocycles. The van der Waals surface area contributed by atoms with Crippen LogP contribution in [0.5, 0.6) is 0 Å². The van der Waals surface area contributed by atoms with Gasteiger partial charge in [0.15, 0.2) is 0 Å². The molecule has 1 aromatic rings. The molecule has 0 fully saturated rings. The molecule has 6 heteroatoms. The van der Waals surface area contributed by atoms with Gasteiger partial charge in [-0.15, -0.1) is 0 Å². The molecule has 0 aliphatic carbocycles. The number of nitrogens with one attached hydrogen (secondary N) is 2. The van der Waals surface area contributed by atoms with E-state index in [0.717, 1.165) is 0 Å². The van der Waals surface area contributed by atoms with Crippen LogP contribution in [-0.2, 0) is 4.79 Å². The summed E-state index contributed by atoms with van der Waals surface area (Å²) >= 11 is 11.7. The standard InChI is InChI=1S/C11H15Cl2N3O/c1-2-15-11(17)3-4-16-10-6-8(13)7(12)5-9(10)14/h5-6,16H,2-4,14H2,1H3,(H,15,17). The Hall–Kier alpha value is -1.13. The SMILES string of the molecule is CCNC(=O)CCNc1cc(Cl)c(Cl)cc1N. The first-order valence-corrected chi connectivity index (χ1v) is 6.05. The van der Waals surface area contributed by atoms with Crippen molar-refractivity contribution in [3.8, 4) is 0 Å². The molecule has 1 rings (SSSR count). The minimum Gasteiger partial charge on any atom is -0.397 e. The lowest BCUT2D eigenvalue weighted by Gasteiger charge is -2.10. The maximum atomic E-state index is 11.2. The summed E-state index contributed by atoms with van der Waals surface area (Å²) < 4.78 is 0. The number of benzene rings is 1. The number of anilines is 2. The normalized spacial score (nSPS) is 10.1. The fourth-order valence-corrected chi connectivity index (χ4v) is 1.65. The van der Waals surface area contributed by atoms with Crippen molar-refractivity contribution < 1.29 is 4.79 Å². The van der Waals surface area contributed by atoms with Gasteiger partial charge >= 0.3 is 0 Å². The molecular formula is C11H15Cl2N3O. The lowest BCUT2D eigenvalue weighted by Crippen LogP contribution is -2.24. The van der Waals surface area contributed by atoms with Gasteiger partial charge in [-0.3, -0.25) is 4.79 Å². The van der Waals surface area contributed by atoms with Crippen LogP contribution < -0.4 is 16.4 Å². The van der Waals surface area contributed by atoms with Crippen molar-refractivity contribution in [3.63, 3.8) is 0 Å². The first kappa shape index (κ1) is 13.9. The van der Waals surface area contributed by atoms with Crippen molar-refractivity contribution in [2.24, 2.45) is 0 Å². The second-order valence-corrected chi connectivity index (χ2v) is 4.30. The van der Waals surface area contributed by atoms with E-state index in [1.807, 2.05) is 6.92 Å². The van der Waals surface area contributed by atoms with Crippen LogP contribution in [0.2, 0.25) is 10.0 Å². The highest BCUT2D eigenvalue weighted by Gasteiger charge is 2.05. The third-order valence-electron chi connectivity index (χ3n) is 2.13. The van der Waals surface area contributed by atoms with Crippen molar-refractivity contribution >= 4 is 40.5 Å². The molecular weight excluding hydrogens is 261 g/mol. The van der Waals surface area contributed by atoms with E-state index in [1.165, 1.54) is 0 Å². The van der Waals surface area contributed by atoms with Crippen molar-refractivity contribution in [2.45, 2.75) is 13.3 Å². The van der Waals surface area contributed by atoms with E-state index in [-0.39, 0.29) is 5.91 Å². The summed E-state index contributed by atoms with van der Waals surface area (Å²) in [6.07, 6.45) is 0.382. The molecule has 0 spiro atoms. The van der Waals surface area contributed by atoms with Crippen LogP contribution in [0.15, 0.2) is 12.1 Å². The van der Waals surface area contributed by atoms with Crippen LogP contribution in [-0.4, -0.2) is 19.0 Å². The van der Waals surface area contributed by atoms with Crippen molar-refractivity contribution in [1.29, 1.82) is 0 Å². The molecule has 17 heavy (non-hydrogen) atoms. The average Bonchev–Trinajstić information content (AvgIpc) is 2.26. The molecule has 94 valence electrons. The van der Waals surface area contributed by atoms with Crippen molar-refractivity contribution in [2.75, 3.05) is 24.1 Å². The summed E-state index contributed by atoms with van der Waals surface area (Å²) in [4.78, 5) is 11.2. The topological polar surface area (TPSA) is 67.2 Å². The number of carbonyl (C=O) groups is 1. The van der Waals surface area contributed by atoms with Gasteiger partial charge in [0, 0.05) is 19.5 Å². The summed E-state index contributed by atoms with van der Waals surface area (Å²) in [5, 5.41) is 6.60. The molecule has 1 aromatic carbocycles. The molecule has 0 unspecified atom stereocenters. The number of amides is 1. The highest BCUT2D eigenvalue weighted by molar-refractivity contribution is 6.42. The molecule has 0 heterocycles. The van der Waals surface area contributed by atoms with E-state index < -0.39 is 0 Å². The lowest BCUT2D eigenvalue weighted by atomic mass is 10.2. The molecule has 0 bridgehead atoms. The molecule has 0 atom stereocenters. The summed E-state index contributed by atoms with van der Waals surface area (Å²) in [5.41, 5.74) is 6.95. The van der Waals surface area contributed by atoms with E-state index >= 15 is 0 Å². The molecule has 0 aliphatic heterocycles. The van der Waals surface area contributed by atoms with Crippen LogP contribution in [0.1, 0.15) is 13.3 Å². The van der Waals surface area contributed by atoms with Gasteiger partial charge in [-0.05, 0) is 19.1 Å². The zero-order chi connectivity index (χ0) is 12.8. The maximum absolute atomic E-state index is 11.2. The van der Waals surface area contributed by atoms with Crippen LogP contribution in [0.3, 0.4) is 0 Å².